The van der Waals surface area contributed by atoms with E-state index in [1.807, 2.05) is 30.3 Å². The fourth-order valence-electron chi connectivity index (χ4n) is 1.37. The molecule has 0 radical (unpaired) electrons. The highest BCUT2D eigenvalue weighted by Gasteiger charge is 2.13. The zero-order valence-electron chi connectivity index (χ0n) is 8.95. The summed E-state index contributed by atoms with van der Waals surface area (Å²) in [7, 11) is 0. The minimum atomic E-state index is -0.380. The van der Waals surface area contributed by atoms with Crippen LogP contribution >= 0.6 is 11.8 Å². The highest BCUT2D eigenvalue weighted by atomic mass is 32.2. The minimum absolute atomic E-state index is 0.112. The Labute approximate surface area is 103 Å². The van der Waals surface area contributed by atoms with Crippen molar-refractivity contribution in [3.63, 3.8) is 0 Å². The molecule has 0 N–H and O–H groups in total. The second-order valence-corrected chi connectivity index (χ2v) is 4.39. The summed E-state index contributed by atoms with van der Waals surface area (Å²) in [4.78, 5) is 14.9. The molecule has 2 rings (SSSR count). The zero-order chi connectivity index (χ0) is 12.1. The molecule has 1 aromatic carbocycles. The van der Waals surface area contributed by atoms with E-state index in [-0.39, 0.29) is 10.6 Å². The molecule has 0 aliphatic rings. The van der Waals surface area contributed by atoms with Gasteiger partial charge in [0.05, 0.1) is 4.92 Å². The van der Waals surface area contributed by atoms with E-state index in [9.17, 15) is 10.1 Å². The maximum Gasteiger partial charge on any atom is 0.285 e. The van der Waals surface area contributed by atoms with Gasteiger partial charge in [0.2, 0.25) is 0 Å². The standard InChI is InChI=1S/C12H10N2O2S/c15-14(16)11-6-7-13-8-12(11)17-9-10-4-2-1-3-5-10/h1-8H,9H2. The minimum Gasteiger partial charge on any atom is -0.263 e. The Kier molecular flexibility index (Phi) is 3.72. The molecular formula is C12H10N2O2S. The molecule has 0 unspecified atom stereocenters. The predicted molar refractivity (Wildman–Crippen MR) is 66.9 cm³/mol. The van der Waals surface area contributed by atoms with Crippen LogP contribution in [-0.4, -0.2) is 9.91 Å². The van der Waals surface area contributed by atoms with Crippen LogP contribution in [0.3, 0.4) is 0 Å². The van der Waals surface area contributed by atoms with Crippen LogP contribution in [0.2, 0.25) is 0 Å². The molecule has 1 heterocycles. The molecule has 86 valence electrons. The van der Waals surface area contributed by atoms with Crippen LogP contribution in [0, 0.1) is 10.1 Å². The Morgan fingerprint density at radius 1 is 1.24 bits per heavy atom. The van der Waals surface area contributed by atoms with E-state index in [1.165, 1.54) is 30.2 Å². The van der Waals surface area contributed by atoms with Gasteiger partial charge in [-0.3, -0.25) is 15.1 Å². The van der Waals surface area contributed by atoms with E-state index in [2.05, 4.69) is 4.98 Å². The van der Waals surface area contributed by atoms with Crippen molar-refractivity contribution in [3.8, 4) is 0 Å². The Morgan fingerprint density at radius 3 is 2.71 bits per heavy atom. The van der Waals surface area contributed by atoms with Gasteiger partial charge >= 0.3 is 0 Å². The number of aromatic nitrogens is 1. The molecule has 0 atom stereocenters. The van der Waals surface area contributed by atoms with Crippen molar-refractivity contribution in [2.24, 2.45) is 0 Å². The van der Waals surface area contributed by atoms with Crippen molar-refractivity contribution in [3.05, 3.63) is 64.5 Å². The number of benzene rings is 1. The normalized spacial score (nSPS) is 10.1. The average molecular weight is 246 g/mol. The summed E-state index contributed by atoms with van der Waals surface area (Å²) in [5.74, 6) is 0.702. The van der Waals surface area contributed by atoms with Gasteiger partial charge in [0.25, 0.3) is 5.69 Å². The van der Waals surface area contributed by atoms with Crippen molar-refractivity contribution < 1.29 is 4.92 Å². The number of hydrogen-bond acceptors (Lipinski definition) is 4. The summed E-state index contributed by atoms with van der Waals surface area (Å²) in [6.45, 7) is 0. The number of thioether (sulfide) groups is 1. The predicted octanol–water partition coefficient (Wildman–Crippen LogP) is 3.28. The molecule has 4 nitrogen and oxygen atoms in total. The van der Waals surface area contributed by atoms with E-state index in [4.69, 9.17) is 0 Å². The van der Waals surface area contributed by atoms with Crippen LogP contribution < -0.4 is 0 Å². The molecule has 0 aliphatic carbocycles. The topological polar surface area (TPSA) is 56.0 Å². The highest BCUT2D eigenvalue weighted by molar-refractivity contribution is 7.98. The van der Waals surface area contributed by atoms with E-state index in [0.29, 0.717) is 10.6 Å². The largest absolute Gasteiger partial charge is 0.285 e. The monoisotopic (exact) mass is 246 g/mol. The van der Waals surface area contributed by atoms with Crippen molar-refractivity contribution in [1.29, 1.82) is 0 Å². The Bertz CT molecular complexity index is 517. The van der Waals surface area contributed by atoms with Crippen LogP contribution in [0.15, 0.2) is 53.7 Å². The third-order valence-electron chi connectivity index (χ3n) is 2.20. The van der Waals surface area contributed by atoms with Gasteiger partial charge in [-0.05, 0) is 5.56 Å². The van der Waals surface area contributed by atoms with Gasteiger partial charge in [-0.25, -0.2) is 0 Å². The first kappa shape index (κ1) is 11.6. The summed E-state index contributed by atoms with van der Waals surface area (Å²) >= 11 is 1.42. The lowest BCUT2D eigenvalue weighted by Crippen LogP contribution is -1.91. The third-order valence-corrected chi connectivity index (χ3v) is 3.30. The number of pyridine rings is 1. The van der Waals surface area contributed by atoms with Crippen molar-refractivity contribution in [2.75, 3.05) is 0 Å². The molecule has 1 aromatic heterocycles. The number of nitro groups is 1. The van der Waals surface area contributed by atoms with Crippen LogP contribution in [0.25, 0.3) is 0 Å². The lowest BCUT2D eigenvalue weighted by molar-refractivity contribution is -0.387. The first-order valence-electron chi connectivity index (χ1n) is 5.02. The van der Waals surface area contributed by atoms with Crippen LogP contribution in [0.5, 0.6) is 0 Å². The molecule has 2 aromatic rings. The smallest absolute Gasteiger partial charge is 0.263 e. The molecule has 5 heteroatoms. The quantitative estimate of drug-likeness (QED) is 0.472. The van der Waals surface area contributed by atoms with Crippen LogP contribution in [-0.2, 0) is 5.75 Å². The maximum absolute atomic E-state index is 10.8. The lowest BCUT2D eigenvalue weighted by atomic mass is 10.2. The van der Waals surface area contributed by atoms with Crippen molar-refractivity contribution in [1.82, 2.24) is 4.98 Å². The second kappa shape index (κ2) is 5.45. The van der Waals surface area contributed by atoms with Crippen LogP contribution in [0.4, 0.5) is 5.69 Å². The molecule has 0 fully saturated rings. The molecule has 0 aliphatic heterocycles. The Hall–Kier alpha value is -1.88. The third kappa shape index (κ3) is 3.04. The van der Waals surface area contributed by atoms with E-state index >= 15 is 0 Å². The number of hydrogen-bond donors (Lipinski definition) is 0. The highest BCUT2D eigenvalue weighted by Crippen LogP contribution is 2.30. The van der Waals surface area contributed by atoms with Gasteiger partial charge in [-0.15, -0.1) is 11.8 Å². The SMILES string of the molecule is O=[N+]([O-])c1ccncc1SCc1ccccc1. The summed E-state index contributed by atoms with van der Waals surface area (Å²) < 4.78 is 0. The fourth-order valence-corrected chi connectivity index (χ4v) is 2.31. The number of rotatable bonds is 4. The van der Waals surface area contributed by atoms with Crippen molar-refractivity contribution >= 4 is 17.4 Å². The van der Waals surface area contributed by atoms with Gasteiger partial charge in [0.1, 0.15) is 4.90 Å². The molecule has 0 saturated heterocycles. The molecule has 17 heavy (non-hydrogen) atoms. The van der Waals surface area contributed by atoms with Crippen LogP contribution in [0.1, 0.15) is 5.56 Å². The van der Waals surface area contributed by atoms with Gasteiger partial charge in [0.15, 0.2) is 0 Å². The molecule has 0 amide bonds. The molecule has 0 spiro atoms. The van der Waals surface area contributed by atoms with E-state index < -0.39 is 0 Å². The first-order valence-corrected chi connectivity index (χ1v) is 6.01. The van der Waals surface area contributed by atoms with E-state index in [1.54, 1.807) is 0 Å². The lowest BCUT2D eigenvalue weighted by Gasteiger charge is -2.02. The first-order chi connectivity index (χ1) is 8.27. The zero-order valence-corrected chi connectivity index (χ0v) is 9.76. The van der Waals surface area contributed by atoms with Gasteiger partial charge in [-0.1, -0.05) is 30.3 Å². The fraction of sp³-hybridized carbons (Fsp3) is 0.0833. The maximum atomic E-state index is 10.8. The summed E-state index contributed by atoms with van der Waals surface area (Å²) in [5.41, 5.74) is 1.25. The molecular weight excluding hydrogens is 236 g/mol. The molecule has 0 bridgehead atoms. The average Bonchev–Trinajstić information content (AvgIpc) is 2.38. The number of nitrogens with zero attached hydrogens (tertiary/aromatic N) is 2. The van der Waals surface area contributed by atoms with Gasteiger partial charge in [0, 0.05) is 24.2 Å². The summed E-state index contributed by atoms with van der Waals surface area (Å²) in [6.07, 6.45) is 2.97. The summed E-state index contributed by atoms with van der Waals surface area (Å²) in [6, 6.07) is 11.3. The second-order valence-electron chi connectivity index (χ2n) is 3.37. The Balaban J connectivity index is 2.12. The van der Waals surface area contributed by atoms with Crippen molar-refractivity contribution in [2.45, 2.75) is 10.6 Å². The molecule has 0 saturated carbocycles. The Morgan fingerprint density at radius 2 is 2.00 bits per heavy atom. The van der Waals surface area contributed by atoms with Gasteiger partial charge < -0.3 is 0 Å². The van der Waals surface area contributed by atoms with E-state index in [0.717, 1.165) is 5.56 Å². The summed E-state index contributed by atoms with van der Waals surface area (Å²) in [5, 5.41) is 10.8. The van der Waals surface area contributed by atoms with Gasteiger partial charge in [-0.2, -0.15) is 0 Å².